The lowest BCUT2D eigenvalue weighted by molar-refractivity contribution is -0.122. The molecule has 0 aliphatic rings. The van der Waals surface area contributed by atoms with Crippen molar-refractivity contribution < 1.29 is 4.79 Å². The normalized spacial score (nSPS) is 11.5. The Morgan fingerprint density at radius 2 is 1.94 bits per heavy atom. The highest BCUT2D eigenvalue weighted by molar-refractivity contribution is 5.78. The largest absolute Gasteiger partial charge is 0.355 e. The van der Waals surface area contributed by atoms with Crippen LogP contribution in [-0.4, -0.2) is 43.0 Å². The molecule has 4 nitrogen and oxygen atoms in total. The van der Waals surface area contributed by atoms with E-state index in [1.165, 1.54) is 0 Å². The summed E-state index contributed by atoms with van der Waals surface area (Å²) in [5.41, 5.74) is 5.37. The summed E-state index contributed by atoms with van der Waals surface area (Å²) >= 11 is 0. The second-order valence-corrected chi connectivity index (χ2v) is 4.91. The Morgan fingerprint density at radius 3 is 2.38 bits per heavy atom. The Kier molecular flexibility index (Phi) is 8.21. The maximum Gasteiger partial charge on any atom is 0.234 e. The van der Waals surface area contributed by atoms with E-state index in [1.807, 2.05) is 0 Å². The third kappa shape index (κ3) is 7.65. The highest BCUT2D eigenvalue weighted by Crippen LogP contribution is 2.03. The first-order valence-electron chi connectivity index (χ1n) is 6.18. The van der Waals surface area contributed by atoms with Crippen molar-refractivity contribution in [3.63, 3.8) is 0 Å². The molecular formula is C12H27N3O. The Hall–Kier alpha value is -0.610. The molecule has 16 heavy (non-hydrogen) atoms. The fourth-order valence-electron chi connectivity index (χ4n) is 1.50. The molecule has 4 heteroatoms. The van der Waals surface area contributed by atoms with E-state index in [-0.39, 0.29) is 5.91 Å². The third-order valence-electron chi connectivity index (χ3n) is 2.38. The highest BCUT2D eigenvalue weighted by atomic mass is 16.2. The molecule has 0 spiro atoms. The molecule has 0 bridgehead atoms. The molecule has 3 N–H and O–H groups in total. The van der Waals surface area contributed by atoms with Gasteiger partial charge in [0.2, 0.25) is 5.91 Å². The van der Waals surface area contributed by atoms with Gasteiger partial charge in [-0.25, -0.2) is 0 Å². The highest BCUT2D eigenvalue weighted by Gasteiger charge is 2.14. The van der Waals surface area contributed by atoms with Crippen LogP contribution in [0.15, 0.2) is 0 Å². The van der Waals surface area contributed by atoms with Crippen LogP contribution >= 0.6 is 0 Å². The summed E-state index contributed by atoms with van der Waals surface area (Å²) in [5, 5.41) is 2.88. The molecule has 0 atom stereocenters. The fourth-order valence-corrected chi connectivity index (χ4v) is 1.50. The van der Waals surface area contributed by atoms with E-state index in [9.17, 15) is 4.79 Å². The van der Waals surface area contributed by atoms with Gasteiger partial charge in [0.15, 0.2) is 0 Å². The second-order valence-electron chi connectivity index (χ2n) is 4.91. The minimum Gasteiger partial charge on any atom is -0.355 e. The van der Waals surface area contributed by atoms with E-state index in [1.54, 1.807) is 0 Å². The molecular weight excluding hydrogens is 202 g/mol. The van der Waals surface area contributed by atoms with Crippen molar-refractivity contribution in [2.45, 2.75) is 40.2 Å². The number of amides is 1. The zero-order chi connectivity index (χ0) is 12.6. The number of hydrogen-bond acceptors (Lipinski definition) is 3. The summed E-state index contributed by atoms with van der Waals surface area (Å²) < 4.78 is 0. The van der Waals surface area contributed by atoms with Crippen LogP contribution < -0.4 is 11.1 Å². The SMILES string of the molecule is CC(C)CN(CC(=O)NCCCN)C(C)C. The molecule has 0 fully saturated rings. The summed E-state index contributed by atoms with van der Waals surface area (Å²) in [4.78, 5) is 13.8. The standard InChI is InChI=1S/C12H27N3O/c1-10(2)8-15(11(3)4)9-12(16)14-7-5-6-13/h10-11H,5-9,13H2,1-4H3,(H,14,16). The Bertz CT molecular complexity index is 193. The van der Waals surface area contributed by atoms with Crippen LogP contribution in [0.5, 0.6) is 0 Å². The van der Waals surface area contributed by atoms with E-state index in [2.05, 4.69) is 37.9 Å². The summed E-state index contributed by atoms with van der Waals surface area (Å²) in [6, 6.07) is 0.405. The van der Waals surface area contributed by atoms with Gasteiger partial charge in [-0.3, -0.25) is 9.69 Å². The summed E-state index contributed by atoms with van der Waals surface area (Å²) in [6.45, 7) is 11.3. The number of nitrogens with one attached hydrogen (secondary N) is 1. The quantitative estimate of drug-likeness (QED) is 0.606. The first kappa shape index (κ1) is 15.4. The minimum atomic E-state index is 0.0998. The Labute approximate surface area is 99.6 Å². The van der Waals surface area contributed by atoms with Gasteiger partial charge in [-0.1, -0.05) is 13.8 Å². The summed E-state index contributed by atoms with van der Waals surface area (Å²) in [6.07, 6.45) is 0.845. The first-order valence-corrected chi connectivity index (χ1v) is 6.18. The predicted octanol–water partition coefficient (Wildman–Crippen LogP) is 0.818. The van der Waals surface area contributed by atoms with E-state index >= 15 is 0 Å². The van der Waals surface area contributed by atoms with Crippen LogP contribution in [0, 0.1) is 5.92 Å². The van der Waals surface area contributed by atoms with Gasteiger partial charge in [0.05, 0.1) is 6.54 Å². The van der Waals surface area contributed by atoms with Crippen molar-refractivity contribution in [3.8, 4) is 0 Å². The van der Waals surface area contributed by atoms with Gasteiger partial charge in [-0.2, -0.15) is 0 Å². The summed E-state index contributed by atoms with van der Waals surface area (Å²) in [5.74, 6) is 0.682. The average molecular weight is 229 g/mol. The van der Waals surface area contributed by atoms with E-state index in [0.29, 0.717) is 31.6 Å². The molecule has 0 unspecified atom stereocenters. The lowest BCUT2D eigenvalue weighted by Crippen LogP contribution is -2.42. The molecule has 0 heterocycles. The number of rotatable bonds is 8. The fraction of sp³-hybridized carbons (Fsp3) is 0.917. The van der Waals surface area contributed by atoms with Gasteiger partial charge in [0.1, 0.15) is 0 Å². The van der Waals surface area contributed by atoms with Crippen LogP contribution in [0.2, 0.25) is 0 Å². The lowest BCUT2D eigenvalue weighted by Gasteiger charge is -2.27. The van der Waals surface area contributed by atoms with Crippen LogP contribution in [0.25, 0.3) is 0 Å². The van der Waals surface area contributed by atoms with Gasteiger partial charge in [-0.15, -0.1) is 0 Å². The van der Waals surface area contributed by atoms with Gasteiger partial charge >= 0.3 is 0 Å². The molecule has 0 aromatic heterocycles. The molecule has 0 aromatic rings. The van der Waals surface area contributed by atoms with Crippen molar-refractivity contribution in [3.05, 3.63) is 0 Å². The van der Waals surface area contributed by atoms with E-state index in [0.717, 1.165) is 13.0 Å². The van der Waals surface area contributed by atoms with Gasteiger partial charge in [0.25, 0.3) is 0 Å². The number of nitrogens with zero attached hydrogens (tertiary/aromatic N) is 1. The van der Waals surface area contributed by atoms with Crippen molar-refractivity contribution in [2.75, 3.05) is 26.2 Å². The van der Waals surface area contributed by atoms with Crippen LogP contribution in [0.4, 0.5) is 0 Å². The number of carbonyl (C=O) groups excluding carboxylic acids is 1. The second kappa shape index (κ2) is 8.53. The Balaban J connectivity index is 3.93. The zero-order valence-corrected chi connectivity index (χ0v) is 11.1. The van der Waals surface area contributed by atoms with Crippen LogP contribution in [-0.2, 0) is 4.79 Å². The molecule has 0 saturated heterocycles. The Morgan fingerprint density at radius 1 is 1.31 bits per heavy atom. The van der Waals surface area contributed by atoms with Gasteiger partial charge in [0, 0.05) is 19.1 Å². The number of carbonyl (C=O) groups is 1. The number of hydrogen-bond donors (Lipinski definition) is 2. The predicted molar refractivity (Wildman–Crippen MR) is 68.2 cm³/mol. The maximum atomic E-state index is 11.6. The lowest BCUT2D eigenvalue weighted by atomic mass is 10.2. The van der Waals surface area contributed by atoms with Crippen molar-refractivity contribution in [1.82, 2.24) is 10.2 Å². The molecule has 1 amide bonds. The first-order chi connectivity index (χ1) is 7.47. The van der Waals surface area contributed by atoms with Crippen molar-refractivity contribution in [1.29, 1.82) is 0 Å². The van der Waals surface area contributed by atoms with Crippen LogP contribution in [0.3, 0.4) is 0 Å². The molecule has 0 aromatic carbocycles. The average Bonchev–Trinajstić information content (AvgIpc) is 2.16. The molecule has 0 saturated carbocycles. The van der Waals surface area contributed by atoms with Crippen molar-refractivity contribution in [2.24, 2.45) is 11.7 Å². The number of nitrogens with two attached hydrogens (primary N) is 1. The third-order valence-corrected chi connectivity index (χ3v) is 2.38. The van der Waals surface area contributed by atoms with E-state index in [4.69, 9.17) is 5.73 Å². The molecule has 0 radical (unpaired) electrons. The molecule has 0 rings (SSSR count). The van der Waals surface area contributed by atoms with Gasteiger partial charge in [-0.05, 0) is 32.7 Å². The van der Waals surface area contributed by atoms with Crippen LogP contribution in [0.1, 0.15) is 34.1 Å². The zero-order valence-electron chi connectivity index (χ0n) is 11.1. The van der Waals surface area contributed by atoms with Crippen molar-refractivity contribution >= 4 is 5.91 Å². The molecule has 0 aliphatic carbocycles. The molecule has 96 valence electrons. The minimum absolute atomic E-state index is 0.0998. The maximum absolute atomic E-state index is 11.6. The monoisotopic (exact) mass is 229 g/mol. The topological polar surface area (TPSA) is 58.4 Å². The summed E-state index contributed by atoms with van der Waals surface area (Å²) in [7, 11) is 0. The smallest absolute Gasteiger partial charge is 0.234 e. The molecule has 0 aliphatic heterocycles. The van der Waals surface area contributed by atoms with E-state index < -0.39 is 0 Å². The van der Waals surface area contributed by atoms with Gasteiger partial charge < -0.3 is 11.1 Å².